The summed E-state index contributed by atoms with van der Waals surface area (Å²) in [6.45, 7) is 0. The zero-order chi connectivity index (χ0) is 12.3. The van der Waals surface area contributed by atoms with Gasteiger partial charge in [0, 0.05) is 6.07 Å². The summed E-state index contributed by atoms with van der Waals surface area (Å²) < 4.78 is 38.8. The van der Waals surface area contributed by atoms with Crippen LogP contribution in [0, 0.1) is 5.82 Å². The molecule has 0 radical (unpaired) electrons. The molecule has 1 N–H and O–H groups in total. The third-order valence-electron chi connectivity index (χ3n) is 2.01. The molecule has 0 aliphatic rings. The molecule has 2 rings (SSSR count). The van der Waals surface area contributed by atoms with E-state index in [4.69, 9.17) is 0 Å². The summed E-state index contributed by atoms with van der Waals surface area (Å²) in [5.74, 6) is -0.599. The number of rotatable bonds is 3. The van der Waals surface area contributed by atoms with E-state index in [9.17, 15) is 12.8 Å². The third kappa shape index (κ3) is 2.79. The van der Waals surface area contributed by atoms with Crippen LogP contribution in [0.15, 0.2) is 53.7 Å². The second-order valence-corrected chi connectivity index (χ2v) is 4.99. The molecule has 88 valence electrons. The standard InChI is InChI=1S/C11H9FN2O2S/c12-9-6-10(8-13-7-9)14-17(15,16)11-4-2-1-3-5-11/h1-8,14H. The predicted molar refractivity (Wildman–Crippen MR) is 61.4 cm³/mol. The molecule has 0 aliphatic carbocycles. The van der Waals surface area contributed by atoms with Crippen LogP contribution in [0.3, 0.4) is 0 Å². The highest BCUT2D eigenvalue weighted by molar-refractivity contribution is 7.92. The Hall–Kier alpha value is -1.95. The van der Waals surface area contributed by atoms with Crippen molar-refractivity contribution in [1.29, 1.82) is 0 Å². The Morgan fingerprint density at radius 2 is 1.82 bits per heavy atom. The first-order valence-corrected chi connectivity index (χ1v) is 6.25. The van der Waals surface area contributed by atoms with Gasteiger partial charge < -0.3 is 0 Å². The predicted octanol–water partition coefficient (Wildman–Crippen LogP) is 2.02. The Morgan fingerprint density at radius 1 is 1.12 bits per heavy atom. The van der Waals surface area contributed by atoms with Crippen LogP contribution in [-0.4, -0.2) is 13.4 Å². The van der Waals surface area contributed by atoms with Gasteiger partial charge in [-0.05, 0) is 12.1 Å². The monoisotopic (exact) mass is 252 g/mol. The van der Waals surface area contributed by atoms with Gasteiger partial charge >= 0.3 is 0 Å². The third-order valence-corrected chi connectivity index (χ3v) is 3.41. The van der Waals surface area contributed by atoms with Crippen LogP contribution in [-0.2, 0) is 10.0 Å². The maximum absolute atomic E-state index is 12.8. The Balaban J connectivity index is 2.30. The van der Waals surface area contributed by atoms with Crippen molar-refractivity contribution in [3.8, 4) is 0 Å². The molecule has 2 aromatic rings. The topological polar surface area (TPSA) is 59.1 Å². The number of hydrogen-bond donors (Lipinski definition) is 1. The molecule has 17 heavy (non-hydrogen) atoms. The SMILES string of the molecule is O=S(=O)(Nc1cncc(F)c1)c1ccccc1. The molecule has 0 unspecified atom stereocenters. The highest BCUT2D eigenvalue weighted by atomic mass is 32.2. The molecular formula is C11H9FN2O2S. The van der Waals surface area contributed by atoms with Crippen molar-refractivity contribution in [3.05, 3.63) is 54.6 Å². The summed E-state index contributed by atoms with van der Waals surface area (Å²) in [7, 11) is -3.69. The molecular weight excluding hydrogens is 243 g/mol. The minimum Gasteiger partial charge on any atom is -0.278 e. The van der Waals surface area contributed by atoms with Gasteiger partial charge in [0.1, 0.15) is 5.82 Å². The summed E-state index contributed by atoms with van der Waals surface area (Å²) in [6.07, 6.45) is 2.24. The van der Waals surface area contributed by atoms with Crippen molar-refractivity contribution >= 4 is 15.7 Å². The summed E-state index contributed by atoms with van der Waals surface area (Å²) in [5, 5.41) is 0. The second-order valence-electron chi connectivity index (χ2n) is 3.31. The summed E-state index contributed by atoms with van der Waals surface area (Å²) in [6, 6.07) is 8.90. The lowest BCUT2D eigenvalue weighted by Crippen LogP contribution is -2.13. The molecule has 1 heterocycles. The van der Waals surface area contributed by atoms with Crippen LogP contribution in [0.5, 0.6) is 0 Å². The molecule has 0 saturated carbocycles. The van der Waals surface area contributed by atoms with E-state index in [0.29, 0.717) is 0 Å². The number of anilines is 1. The summed E-state index contributed by atoms with van der Waals surface area (Å²) in [5.41, 5.74) is 0.0915. The lowest BCUT2D eigenvalue weighted by molar-refractivity contribution is 0.601. The average molecular weight is 252 g/mol. The van der Waals surface area contributed by atoms with Crippen LogP contribution in [0.4, 0.5) is 10.1 Å². The van der Waals surface area contributed by atoms with E-state index in [0.717, 1.165) is 12.3 Å². The molecule has 0 bridgehead atoms. The molecule has 4 nitrogen and oxygen atoms in total. The van der Waals surface area contributed by atoms with Crippen LogP contribution < -0.4 is 4.72 Å². The van der Waals surface area contributed by atoms with E-state index in [-0.39, 0.29) is 10.6 Å². The van der Waals surface area contributed by atoms with E-state index in [2.05, 4.69) is 9.71 Å². The van der Waals surface area contributed by atoms with Crippen molar-refractivity contribution in [2.45, 2.75) is 4.90 Å². The van der Waals surface area contributed by atoms with Gasteiger partial charge in [0.05, 0.1) is 23.0 Å². The normalized spacial score (nSPS) is 11.1. The van der Waals surface area contributed by atoms with Gasteiger partial charge in [0.25, 0.3) is 10.0 Å². The first-order chi connectivity index (χ1) is 8.08. The number of halogens is 1. The lowest BCUT2D eigenvalue weighted by Gasteiger charge is -2.07. The fourth-order valence-corrected chi connectivity index (χ4v) is 2.34. The zero-order valence-corrected chi connectivity index (χ0v) is 9.49. The molecule has 0 spiro atoms. The lowest BCUT2D eigenvalue weighted by atomic mass is 10.4. The van der Waals surface area contributed by atoms with Crippen molar-refractivity contribution in [3.63, 3.8) is 0 Å². The number of pyridine rings is 1. The Morgan fingerprint density at radius 3 is 2.47 bits per heavy atom. The summed E-state index contributed by atoms with van der Waals surface area (Å²) in [4.78, 5) is 3.68. The van der Waals surface area contributed by atoms with Crippen LogP contribution in [0.2, 0.25) is 0 Å². The van der Waals surface area contributed by atoms with Gasteiger partial charge in [-0.25, -0.2) is 12.8 Å². The van der Waals surface area contributed by atoms with Gasteiger partial charge in [-0.2, -0.15) is 0 Å². The van der Waals surface area contributed by atoms with E-state index in [1.54, 1.807) is 18.2 Å². The molecule has 0 fully saturated rings. The zero-order valence-electron chi connectivity index (χ0n) is 8.67. The maximum Gasteiger partial charge on any atom is 0.261 e. The number of sulfonamides is 1. The minimum atomic E-state index is -3.69. The first kappa shape index (κ1) is 11.5. The minimum absolute atomic E-state index is 0.0915. The molecule has 0 amide bonds. The molecule has 0 atom stereocenters. The highest BCUT2D eigenvalue weighted by Crippen LogP contribution is 2.15. The smallest absolute Gasteiger partial charge is 0.261 e. The fourth-order valence-electron chi connectivity index (χ4n) is 1.28. The van der Waals surface area contributed by atoms with Crippen molar-refractivity contribution in [2.24, 2.45) is 0 Å². The molecule has 1 aromatic heterocycles. The molecule has 1 aromatic carbocycles. The largest absolute Gasteiger partial charge is 0.278 e. The molecule has 0 aliphatic heterocycles. The average Bonchev–Trinajstić information content (AvgIpc) is 2.29. The van der Waals surface area contributed by atoms with Crippen LogP contribution >= 0.6 is 0 Å². The van der Waals surface area contributed by atoms with E-state index in [1.165, 1.54) is 18.3 Å². The summed E-state index contributed by atoms with van der Waals surface area (Å²) >= 11 is 0. The number of benzene rings is 1. The number of aromatic nitrogens is 1. The maximum atomic E-state index is 12.8. The van der Waals surface area contributed by atoms with Crippen LogP contribution in [0.25, 0.3) is 0 Å². The number of hydrogen-bond acceptors (Lipinski definition) is 3. The van der Waals surface area contributed by atoms with Gasteiger partial charge in [-0.15, -0.1) is 0 Å². The Bertz CT molecular complexity index is 614. The quantitative estimate of drug-likeness (QED) is 0.909. The van der Waals surface area contributed by atoms with Gasteiger partial charge in [-0.1, -0.05) is 18.2 Å². The van der Waals surface area contributed by atoms with Crippen molar-refractivity contribution < 1.29 is 12.8 Å². The highest BCUT2D eigenvalue weighted by Gasteiger charge is 2.13. The van der Waals surface area contributed by atoms with Crippen molar-refractivity contribution in [2.75, 3.05) is 4.72 Å². The molecule has 6 heteroatoms. The van der Waals surface area contributed by atoms with E-state index >= 15 is 0 Å². The fraction of sp³-hybridized carbons (Fsp3) is 0. The second kappa shape index (κ2) is 4.50. The Labute approximate surface area is 98.2 Å². The first-order valence-electron chi connectivity index (χ1n) is 4.76. The Kier molecular flexibility index (Phi) is 3.06. The van der Waals surface area contributed by atoms with Gasteiger partial charge in [-0.3, -0.25) is 9.71 Å². The number of nitrogens with zero attached hydrogens (tertiary/aromatic N) is 1. The van der Waals surface area contributed by atoms with Crippen LogP contribution in [0.1, 0.15) is 0 Å². The van der Waals surface area contributed by atoms with Gasteiger partial charge in [0.15, 0.2) is 0 Å². The van der Waals surface area contributed by atoms with E-state index in [1.807, 2.05) is 0 Å². The molecule has 0 saturated heterocycles. The van der Waals surface area contributed by atoms with E-state index < -0.39 is 15.8 Å². The van der Waals surface area contributed by atoms with Crippen molar-refractivity contribution in [1.82, 2.24) is 4.98 Å². The number of nitrogens with one attached hydrogen (secondary N) is 1. The van der Waals surface area contributed by atoms with Gasteiger partial charge in [0.2, 0.25) is 0 Å².